The lowest BCUT2D eigenvalue weighted by Crippen LogP contribution is -2.37. The quantitative estimate of drug-likeness (QED) is 0.871. The number of hydrogen-bond acceptors (Lipinski definition) is 3. The van der Waals surface area contributed by atoms with E-state index in [-0.39, 0.29) is 6.04 Å². The minimum absolute atomic E-state index is 0.380. The van der Waals surface area contributed by atoms with Crippen molar-refractivity contribution in [3.63, 3.8) is 0 Å². The second-order valence-corrected chi connectivity index (χ2v) is 5.81. The minimum Gasteiger partial charge on any atom is -0.480 e. The molecule has 0 aromatic heterocycles. The average Bonchev–Trinajstić information content (AvgIpc) is 2.84. The molecule has 0 bridgehead atoms. The van der Waals surface area contributed by atoms with Crippen molar-refractivity contribution < 1.29 is 15.0 Å². The Balaban J connectivity index is 1.90. The van der Waals surface area contributed by atoms with Crippen LogP contribution < -0.4 is 0 Å². The average molecular weight is 328 g/mol. The zero-order valence-corrected chi connectivity index (χ0v) is 12.2. The third-order valence-electron chi connectivity index (χ3n) is 3.57. The number of aliphatic hydroxyl groups is 1. The second kappa shape index (κ2) is 6.50. The van der Waals surface area contributed by atoms with E-state index in [0.29, 0.717) is 19.4 Å². The molecule has 2 unspecified atom stereocenters. The van der Waals surface area contributed by atoms with Crippen molar-refractivity contribution in [1.29, 1.82) is 0 Å². The van der Waals surface area contributed by atoms with Gasteiger partial charge in [0.15, 0.2) is 0 Å². The van der Waals surface area contributed by atoms with Crippen LogP contribution in [0.5, 0.6) is 0 Å². The van der Waals surface area contributed by atoms with Crippen LogP contribution in [0.4, 0.5) is 0 Å². The molecule has 1 saturated heterocycles. The number of nitrogens with zero attached hydrogens (tertiary/aromatic N) is 1. The van der Waals surface area contributed by atoms with E-state index in [1.54, 1.807) is 0 Å². The Hall–Kier alpha value is -0.910. The summed E-state index contributed by atoms with van der Waals surface area (Å²) in [6.07, 6.45) is 1.64. The predicted octanol–water partition coefficient (Wildman–Crippen LogP) is 2.42. The van der Waals surface area contributed by atoms with Gasteiger partial charge in [-0.1, -0.05) is 28.1 Å². The Bertz CT molecular complexity index is 452. The van der Waals surface area contributed by atoms with E-state index >= 15 is 0 Å². The van der Waals surface area contributed by atoms with Gasteiger partial charge in [0, 0.05) is 11.0 Å². The monoisotopic (exact) mass is 327 g/mol. The molecule has 5 heteroatoms. The summed E-state index contributed by atoms with van der Waals surface area (Å²) in [7, 11) is 0. The van der Waals surface area contributed by atoms with Gasteiger partial charge in [0.2, 0.25) is 0 Å². The summed E-state index contributed by atoms with van der Waals surface area (Å²) >= 11 is 3.38. The summed E-state index contributed by atoms with van der Waals surface area (Å²) < 4.78 is 0.939. The maximum Gasteiger partial charge on any atom is 0.320 e. The van der Waals surface area contributed by atoms with Crippen LogP contribution >= 0.6 is 15.9 Å². The topological polar surface area (TPSA) is 60.8 Å². The van der Waals surface area contributed by atoms with Gasteiger partial charge in [0.1, 0.15) is 6.04 Å². The number of carboxylic acids is 1. The Labute approximate surface area is 121 Å². The lowest BCUT2D eigenvalue weighted by molar-refractivity contribution is -0.142. The summed E-state index contributed by atoms with van der Waals surface area (Å²) in [6.45, 7) is 1.42. The van der Waals surface area contributed by atoms with E-state index < -0.39 is 12.1 Å². The lowest BCUT2D eigenvalue weighted by Gasteiger charge is -2.22. The van der Waals surface area contributed by atoms with Gasteiger partial charge >= 0.3 is 5.97 Å². The fourth-order valence-electron chi connectivity index (χ4n) is 2.54. The number of aliphatic hydroxyl groups excluding tert-OH is 1. The highest BCUT2D eigenvalue weighted by Gasteiger charge is 2.30. The van der Waals surface area contributed by atoms with E-state index in [1.165, 1.54) is 0 Å². The van der Waals surface area contributed by atoms with Crippen molar-refractivity contribution in [2.24, 2.45) is 0 Å². The summed E-state index contributed by atoms with van der Waals surface area (Å²) in [5.74, 6) is -0.755. The van der Waals surface area contributed by atoms with E-state index in [1.807, 2.05) is 29.2 Å². The molecule has 1 aliphatic rings. The molecule has 2 atom stereocenters. The Kier molecular flexibility index (Phi) is 4.96. The van der Waals surface area contributed by atoms with Gasteiger partial charge in [-0.3, -0.25) is 9.69 Å². The largest absolute Gasteiger partial charge is 0.480 e. The molecular weight excluding hydrogens is 310 g/mol. The van der Waals surface area contributed by atoms with E-state index in [2.05, 4.69) is 15.9 Å². The van der Waals surface area contributed by atoms with Crippen LogP contribution in [-0.2, 0) is 4.79 Å². The van der Waals surface area contributed by atoms with Crippen LogP contribution in [0.2, 0.25) is 0 Å². The maximum atomic E-state index is 11.1. The molecule has 0 amide bonds. The van der Waals surface area contributed by atoms with Crippen molar-refractivity contribution in [2.45, 2.75) is 31.4 Å². The summed E-state index contributed by atoms with van der Waals surface area (Å²) in [5.41, 5.74) is 0.862. The van der Waals surface area contributed by atoms with Crippen molar-refractivity contribution in [2.75, 3.05) is 13.1 Å². The molecule has 0 radical (unpaired) electrons. The Morgan fingerprint density at radius 3 is 3.00 bits per heavy atom. The first-order chi connectivity index (χ1) is 9.08. The summed E-state index contributed by atoms with van der Waals surface area (Å²) in [4.78, 5) is 13.0. The minimum atomic E-state index is -0.755. The molecule has 19 heavy (non-hydrogen) atoms. The summed E-state index contributed by atoms with van der Waals surface area (Å²) in [5, 5.41) is 19.2. The zero-order valence-electron chi connectivity index (χ0n) is 10.6. The molecule has 104 valence electrons. The first-order valence-corrected chi connectivity index (χ1v) is 7.27. The van der Waals surface area contributed by atoms with Crippen LogP contribution in [0.25, 0.3) is 0 Å². The van der Waals surface area contributed by atoms with Crippen molar-refractivity contribution in [1.82, 2.24) is 4.90 Å². The van der Waals surface area contributed by atoms with Gasteiger partial charge in [-0.25, -0.2) is 0 Å². The molecule has 4 nitrogen and oxygen atoms in total. The molecule has 1 aromatic carbocycles. The number of halogens is 1. The number of aliphatic carboxylic acids is 1. The Morgan fingerprint density at radius 2 is 2.32 bits per heavy atom. The van der Waals surface area contributed by atoms with Crippen LogP contribution in [0, 0.1) is 0 Å². The number of rotatable bonds is 5. The molecule has 0 aliphatic carbocycles. The first kappa shape index (κ1) is 14.5. The van der Waals surface area contributed by atoms with Crippen LogP contribution in [-0.4, -0.2) is 40.2 Å². The number of likely N-dealkylation sites (tertiary alicyclic amines) is 1. The molecule has 1 aliphatic heterocycles. The third-order valence-corrected chi connectivity index (χ3v) is 4.07. The molecule has 1 aromatic rings. The molecule has 0 spiro atoms. The molecule has 2 rings (SSSR count). The van der Waals surface area contributed by atoms with E-state index in [0.717, 1.165) is 23.0 Å². The molecule has 2 N–H and O–H groups in total. The van der Waals surface area contributed by atoms with Gasteiger partial charge in [-0.05, 0) is 43.5 Å². The Morgan fingerprint density at radius 1 is 1.53 bits per heavy atom. The van der Waals surface area contributed by atoms with E-state index in [9.17, 15) is 9.90 Å². The van der Waals surface area contributed by atoms with Gasteiger partial charge in [0.05, 0.1) is 6.10 Å². The number of carbonyl (C=O) groups is 1. The number of hydrogen-bond donors (Lipinski definition) is 2. The SMILES string of the molecule is O=C(O)C1CCCN1CCC(O)c1cccc(Br)c1. The van der Waals surface area contributed by atoms with Crippen molar-refractivity contribution in [3.05, 3.63) is 34.3 Å². The van der Waals surface area contributed by atoms with Crippen LogP contribution in [0.3, 0.4) is 0 Å². The highest BCUT2D eigenvalue weighted by molar-refractivity contribution is 9.10. The first-order valence-electron chi connectivity index (χ1n) is 6.48. The van der Waals surface area contributed by atoms with Crippen molar-refractivity contribution >= 4 is 21.9 Å². The normalized spacial score (nSPS) is 21.5. The molecular formula is C14H18BrNO3. The number of carboxylic acid groups (broad SMARTS) is 1. The summed E-state index contributed by atoms with van der Waals surface area (Å²) in [6, 6.07) is 7.20. The van der Waals surface area contributed by atoms with Gasteiger partial charge in [-0.15, -0.1) is 0 Å². The molecule has 1 fully saturated rings. The van der Waals surface area contributed by atoms with Crippen molar-refractivity contribution in [3.8, 4) is 0 Å². The zero-order chi connectivity index (χ0) is 13.8. The predicted molar refractivity (Wildman–Crippen MR) is 75.9 cm³/mol. The van der Waals surface area contributed by atoms with Gasteiger partial charge in [-0.2, -0.15) is 0 Å². The highest BCUT2D eigenvalue weighted by atomic mass is 79.9. The lowest BCUT2D eigenvalue weighted by atomic mass is 10.1. The number of benzene rings is 1. The third kappa shape index (κ3) is 3.78. The van der Waals surface area contributed by atoms with Crippen LogP contribution in [0.1, 0.15) is 30.9 Å². The second-order valence-electron chi connectivity index (χ2n) is 4.89. The fraction of sp³-hybridized carbons (Fsp3) is 0.500. The van der Waals surface area contributed by atoms with E-state index in [4.69, 9.17) is 5.11 Å². The van der Waals surface area contributed by atoms with Gasteiger partial charge < -0.3 is 10.2 Å². The smallest absolute Gasteiger partial charge is 0.320 e. The molecule has 0 saturated carbocycles. The highest BCUT2D eigenvalue weighted by Crippen LogP contribution is 2.23. The maximum absolute atomic E-state index is 11.1. The standard InChI is InChI=1S/C14H18BrNO3/c15-11-4-1-3-10(9-11)13(17)6-8-16-7-2-5-12(16)14(18)19/h1,3-4,9,12-13,17H,2,5-8H2,(H,18,19). The molecule has 1 heterocycles. The fourth-order valence-corrected chi connectivity index (χ4v) is 2.96. The van der Waals surface area contributed by atoms with Gasteiger partial charge in [0.25, 0.3) is 0 Å². The van der Waals surface area contributed by atoms with Crippen LogP contribution in [0.15, 0.2) is 28.7 Å².